The predicted molar refractivity (Wildman–Crippen MR) is 143 cm³/mol. The second kappa shape index (κ2) is 11.5. The standard InChI is InChI=1S/C26H27N3O5S2/c1-19-7-13-23(14-8-19)36(31,32)29(24-5-3-4-6-25(24)33-2)16-26(30)28-27-15-20-9-11-21(12-10-20)34-22-17-35-18-22/h3-15,22H,16-18H2,1-2H3,(H,28,30)/b27-15-. The van der Waals surface area contributed by atoms with E-state index in [0.717, 1.165) is 32.7 Å². The van der Waals surface area contributed by atoms with Crippen LogP contribution in [0.1, 0.15) is 11.1 Å². The summed E-state index contributed by atoms with van der Waals surface area (Å²) < 4.78 is 39.2. The zero-order valence-electron chi connectivity index (χ0n) is 20.0. The number of methoxy groups -OCH3 is 1. The number of ether oxygens (including phenoxy) is 2. The molecule has 0 aliphatic carbocycles. The number of nitrogens with one attached hydrogen (secondary N) is 1. The number of para-hydroxylation sites is 2. The van der Waals surface area contributed by atoms with Gasteiger partial charge in [-0.3, -0.25) is 9.10 Å². The molecule has 0 aromatic heterocycles. The molecule has 0 atom stereocenters. The highest BCUT2D eigenvalue weighted by atomic mass is 32.2. The van der Waals surface area contributed by atoms with Crippen molar-refractivity contribution in [2.24, 2.45) is 5.10 Å². The first-order chi connectivity index (χ1) is 17.4. The lowest BCUT2D eigenvalue weighted by atomic mass is 10.2. The molecule has 1 aliphatic rings. The first-order valence-electron chi connectivity index (χ1n) is 11.3. The maximum atomic E-state index is 13.5. The number of hydrogen-bond donors (Lipinski definition) is 1. The van der Waals surface area contributed by atoms with Crippen molar-refractivity contribution in [2.45, 2.75) is 17.9 Å². The fraction of sp³-hybridized carbons (Fsp3) is 0.231. The van der Waals surface area contributed by atoms with Crippen LogP contribution < -0.4 is 19.2 Å². The van der Waals surface area contributed by atoms with E-state index in [-0.39, 0.29) is 16.7 Å². The fourth-order valence-corrected chi connectivity index (χ4v) is 5.42. The molecule has 0 unspecified atom stereocenters. The molecule has 8 nitrogen and oxygen atoms in total. The number of hydrogen-bond acceptors (Lipinski definition) is 7. The Bertz CT molecular complexity index is 1320. The van der Waals surface area contributed by atoms with Crippen molar-refractivity contribution >= 4 is 39.6 Å². The summed E-state index contributed by atoms with van der Waals surface area (Å²) in [4.78, 5) is 12.8. The molecule has 1 heterocycles. The van der Waals surface area contributed by atoms with Crippen molar-refractivity contribution in [3.63, 3.8) is 0 Å². The number of carbonyl (C=O) groups excluding carboxylic acids is 1. The van der Waals surface area contributed by atoms with Crippen LogP contribution in [0, 0.1) is 6.92 Å². The van der Waals surface area contributed by atoms with E-state index in [1.807, 2.05) is 43.0 Å². The number of hydrazone groups is 1. The monoisotopic (exact) mass is 525 g/mol. The summed E-state index contributed by atoms with van der Waals surface area (Å²) in [7, 11) is -2.62. The van der Waals surface area contributed by atoms with Crippen LogP contribution in [0.3, 0.4) is 0 Å². The summed E-state index contributed by atoms with van der Waals surface area (Å²) in [5.74, 6) is 2.51. The number of nitrogens with zero attached hydrogens (tertiary/aromatic N) is 2. The molecule has 0 radical (unpaired) electrons. The largest absolute Gasteiger partial charge is 0.495 e. The van der Waals surface area contributed by atoms with Crippen LogP contribution in [0.15, 0.2) is 82.8 Å². The average molecular weight is 526 g/mol. The van der Waals surface area contributed by atoms with E-state index < -0.39 is 22.5 Å². The number of rotatable bonds is 10. The zero-order chi connectivity index (χ0) is 25.5. The van der Waals surface area contributed by atoms with Crippen LogP contribution in [0.25, 0.3) is 0 Å². The molecule has 3 aromatic carbocycles. The molecule has 1 N–H and O–H groups in total. The summed E-state index contributed by atoms with van der Waals surface area (Å²) in [5, 5.41) is 3.99. The van der Waals surface area contributed by atoms with Gasteiger partial charge in [-0.2, -0.15) is 16.9 Å². The van der Waals surface area contributed by atoms with Gasteiger partial charge in [-0.25, -0.2) is 13.8 Å². The van der Waals surface area contributed by atoms with Gasteiger partial charge in [-0.15, -0.1) is 0 Å². The minimum Gasteiger partial charge on any atom is -0.495 e. The highest BCUT2D eigenvalue weighted by molar-refractivity contribution is 8.00. The van der Waals surface area contributed by atoms with Gasteiger partial charge in [0.2, 0.25) is 0 Å². The lowest BCUT2D eigenvalue weighted by Crippen LogP contribution is -2.39. The van der Waals surface area contributed by atoms with Crippen molar-refractivity contribution in [1.82, 2.24) is 5.43 Å². The summed E-state index contributed by atoms with van der Waals surface area (Å²) in [6.45, 7) is 1.38. The third-order valence-corrected chi connectivity index (χ3v) is 8.43. The molecular formula is C26H27N3O5S2. The quantitative estimate of drug-likeness (QED) is 0.319. The van der Waals surface area contributed by atoms with Gasteiger partial charge in [0.1, 0.15) is 24.1 Å². The Morgan fingerprint density at radius 2 is 1.78 bits per heavy atom. The van der Waals surface area contributed by atoms with Crippen molar-refractivity contribution in [3.8, 4) is 11.5 Å². The molecule has 0 bridgehead atoms. The Kier molecular flexibility index (Phi) is 8.17. The lowest BCUT2D eigenvalue weighted by molar-refractivity contribution is -0.119. The predicted octanol–water partition coefficient (Wildman–Crippen LogP) is 3.84. The Labute approximate surface area is 215 Å². The third kappa shape index (κ3) is 6.19. The number of carbonyl (C=O) groups is 1. The van der Waals surface area contributed by atoms with Crippen LogP contribution >= 0.6 is 11.8 Å². The Morgan fingerprint density at radius 3 is 2.42 bits per heavy atom. The van der Waals surface area contributed by atoms with E-state index in [1.54, 1.807) is 36.4 Å². The van der Waals surface area contributed by atoms with Crippen molar-refractivity contribution in [3.05, 3.63) is 83.9 Å². The normalized spacial score (nSPS) is 13.7. The van der Waals surface area contributed by atoms with E-state index in [0.29, 0.717) is 5.75 Å². The summed E-state index contributed by atoms with van der Waals surface area (Å²) >= 11 is 1.85. The van der Waals surface area contributed by atoms with Gasteiger partial charge in [0, 0.05) is 11.5 Å². The first kappa shape index (κ1) is 25.6. The average Bonchev–Trinajstić information content (AvgIpc) is 2.86. The number of aryl methyl sites for hydroxylation is 1. The third-order valence-electron chi connectivity index (χ3n) is 5.44. The molecule has 1 amide bonds. The molecule has 36 heavy (non-hydrogen) atoms. The molecule has 1 aliphatic heterocycles. The molecule has 1 fully saturated rings. The maximum Gasteiger partial charge on any atom is 0.264 e. The van der Waals surface area contributed by atoms with E-state index >= 15 is 0 Å². The Hall–Kier alpha value is -3.50. The fourth-order valence-electron chi connectivity index (χ4n) is 3.42. The SMILES string of the molecule is COc1ccccc1N(CC(=O)N/N=C\c1ccc(OC2CSC2)cc1)S(=O)(=O)c1ccc(C)cc1. The van der Waals surface area contributed by atoms with Crippen LogP contribution in [-0.2, 0) is 14.8 Å². The van der Waals surface area contributed by atoms with Gasteiger partial charge in [-0.1, -0.05) is 29.8 Å². The smallest absolute Gasteiger partial charge is 0.264 e. The topological polar surface area (TPSA) is 97.3 Å². The maximum absolute atomic E-state index is 13.5. The van der Waals surface area contributed by atoms with Crippen LogP contribution in [0.2, 0.25) is 0 Å². The number of thioether (sulfide) groups is 1. The molecular weight excluding hydrogens is 498 g/mol. The molecule has 0 saturated carbocycles. The van der Waals surface area contributed by atoms with E-state index in [4.69, 9.17) is 9.47 Å². The van der Waals surface area contributed by atoms with Gasteiger partial charge in [-0.05, 0) is 61.0 Å². The minimum atomic E-state index is -4.06. The summed E-state index contributed by atoms with van der Waals surface area (Å²) in [6.07, 6.45) is 1.75. The van der Waals surface area contributed by atoms with Gasteiger partial charge >= 0.3 is 0 Å². The number of sulfonamides is 1. The Morgan fingerprint density at radius 1 is 1.08 bits per heavy atom. The molecule has 0 spiro atoms. The van der Waals surface area contributed by atoms with Gasteiger partial charge in [0.05, 0.1) is 23.9 Å². The minimum absolute atomic E-state index is 0.0677. The van der Waals surface area contributed by atoms with E-state index in [1.165, 1.54) is 25.5 Å². The summed E-state index contributed by atoms with van der Waals surface area (Å²) in [6, 6.07) is 20.5. The van der Waals surface area contributed by atoms with Crippen LogP contribution in [0.5, 0.6) is 11.5 Å². The van der Waals surface area contributed by atoms with Crippen LogP contribution in [-0.4, -0.2) is 51.8 Å². The Balaban J connectivity index is 1.48. The molecule has 1 saturated heterocycles. The molecule has 3 aromatic rings. The van der Waals surface area contributed by atoms with Crippen LogP contribution in [0.4, 0.5) is 5.69 Å². The van der Waals surface area contributed by atoms with Gasteiger partial charge in [0.15, 0.2) is 0 Å². The lowest BCUT2D eigenvalue weighted by Gasteiger charge is -2.25. The summed E-state index contributed by atoms with van der Waals surface area (Å²) in [5.41, 5.74) is 4.35. The zero-order valence-corrected chi connectivity index (χ0v) is 21.6. The second-order valence-corrected chi connectivity index (χ2v) is 11.1. The van der Waals surface area contributed by atoms with Gasteiger partial charge in [0.25, 0.3) is 15.9 Å². The van der Waals surface area contributed by atoms with Crippen molar-refractivity contribution in [2.75, 3.05) is 29.5 Å². The van der Waals surface area contributed by atoms with E-state index in [9.17, 15) is 13.2 Å². The molecule has 188 valence electrons. The second-order valence-electron chi connectivity index (χ2n) is 8.14. The van der Waals surface area contributed by atoms with Crippen molar-refractivity contribution < 1.29 is 22.7 Å². The number of amides is 1. The first-order valence-corrected chi connectivity index (χ1v) is 13.8. The van der Waals surface area contributed by atoms with Crippen molar-refractivity contribution in [1.29, 1.82) is 0 Å². The number of benzene rings is 3. The van der Waals surface area contributed by atoms with E-state index in [2.05, 4.69) is 10.5 Å². The molecule has 4 rings (SSSR count). The molecule has 10 heteroatoms. The highest BCUT2D eigenvalue weighted by Crippen LogP contribution is 2.32. The van der Waals surface area contributed by atoms with Gasteiger partial charge < -0.3 is 9.47 Å². The highest BCUT2D eigenvalue weighted by Gasteiger charge is 2.29. The number of anilines is 1.